The van der Waals surface area contributed by atoms with Crippen LogP contribution in [0, 0.1) is 0 Å². The quantitative estimate of drug-likeness (QED) is 0.754. The van der Waals surface area contributed by atoms with E-state index in [0.29, 0.717) is 12.6 Å². The fourth-order valence-electron chi connectivity index (χ4n) is 2.13. The lowest BCUT2D eigenvalue weighted by atomic mass is 10.3. The van der Waals surface area contributed by atoms with E-state index in [9.17, 15) is 4.79 Å². The third-order valence-corrected chi connectivity index (χ3v) is 4.49. The van der Waals surface area contributed by atoms with Crippen LogP contribution in [0.3, 0.4) is 0 Å². The summed E-state index contributed by atoms with van der Waals surface area (Å²) >= 11 is 1.62. The Balaban J connectivity index is 1.89. The number of ketones is 1. The van der Waals surface area contributed by atoms with Gasteiger partial charge in [0.05, 0.1) is 17.5 Å². The third kappa shape index (κ3) is 3.15. The Morgan fingerprint density at radius 1 is 1.59 bits per heavy atom. The molecular formula is C13H19NO2S. The number of rotatable bonds is 5. The first-order valence-electron chi connectivity index (χ1n) is 6.10. The van der Waals surface area contributed by atoms with E-state index in [1.165, 1.54) is 4.88 Å². The molecule has 0 aromatic carbocycles. The normalized spacial score (nSPS) is 20.9. The maximum absolute atomic E-state index is 12.1. The highest BCUT2D eigenvalue weighted by Crippen LogP contribution is 2.19. The number of aryl methyl sites for hydroxylation is 1. The highest BCUT2D eigenvalue weighted by Gasteiger charge is 2.24. The highest BCUT2D eigenvalue weighted by atomic mass is 32.1. The Morgan fingerprint density at radius 3 is 3.00 bits per heavy atom. The van der Waals surface area contributed by atoms with E-state index < -0.39 is 0 Å². The zero-order valence-electron chi connectivity index (χ0n) is 10.4. The molecule has 1 aromatic rings. The van der Waals surface area contributed by atoms with Crippen molar-refractivity contribution < 1.29 is 9.53 Å². The number of hydrogen-bond acceptors (Lipinski definition) is 4. The number of carbonyl (C=O) groups excluding carboxylic acids is 1. The number of ether oxygens (including phenoxy) is 1. The van der Waals surface area contributed by atoms with Gasteiger partial charge in [0, 0.05) is 25.1 Å². The maximum atomic E-state index is 12.1. The smallest absolute Gasteiger partial charge is 0.186 e. The first-order chi connectivity index (χ1) is 8.22. The number of methoxy groups -OCH3 is 1. The van der Waals surface area contributed by atoms with E-state index in [1.807, 2.05) is 6.07 Å². The largest absolute Gasteiger partial charge is 0.380 e. The van der Waals surface area contributed by atoms with Crippen LogP contribution in [0.2, 0.25) is 0 Å². The molecule has 1 saturated heterocycles. The van der Waals surface area contributed by atoms with Gasteiger partial charge in [-0.1, -0.05) is 6.92 Å². The van der Waals surface area contributed by atoms with Gasteiger partial charge in [0.1, 0.15) is 0 Å². The van der Waals surface area contributed by atoms with E-state index in [-0.39, 0.29) is 5.78 Å². The first kappa shape index (κ1) is 12.7. The molecule has 94 valence electrons. The summed E-state index contributed by atoms with van der Waals surface area (Å²) in [5.74, 6) is 0.242. The SMILES string of the molecule is CCc1ccc(C(=O)CN2CCC(OC)C2)s1. The van der Waals surface area contributed by atoms with Crippen LogP contribution in [0.4, 0.5) is 0 Å². The minimum atomic E-state index is 0.242. The fraction of sp³-hybridized carbons (Fsp3) is 0.615. The van der Waals surface area contributed by atoms with Gasteiger partial charge in [-0.25, -0.2) is 0 Å². The Kier molecular flexibility index (Phi) is 4.31. The van der Waals surface area contributed by atoms with Gasteiger partial charge >= 0.3 is 0 Å². The molecule has 0 saturated carbocycles. The van der Waals surface area contributed by atoms with Crippen molar-refractivity contribution in [1.82, 2.24) is 4.90 Å². The van der Waals surface area contributed by atoms with E-state index in [0.717, 1.165) is 30.8 Å². The second-order valence-electron chi connectivity index (χ2n) is 4.42. The van der Waals surface area contributed by atoms with E-state index in [1.54, 1.807) is 18.4 Å². The van der Waals surface area contributed by atoms with Gasteiger partial charge < -0.3 is 4.74 Å². The van der Waals surface area contributed by atoms with E-state index >= 15 is 0 Å². The summed E-state index contributed by atoms with van der Waals surface area (Å²) in [4.78, 5) is 16.4. The summed E-state index contributed by atoms with van der Waals surface area (Å²) in [6.07, 6.45) is 2.35. The van der Waals surface area contributed by atoms with Crippen LogP contribution in [-0.2, 0) is 11.2 Å². The van der Waals surface area contributed by atoms with Crippen LogP contribution in [0.15, 0.2) is 12.1 Å². The monoisotopic (exact) mass is 253 g/mol. The van der Waals surface area contributed by atoms with Crippen LogP contribution in [0.1, 0.15) is 27.9 Å². The van der Waals surface area contributed by atoms with Gasteiger partial charge in [-0.2, -0.15) is 0 Å². The molecular weight excluding hydrogens is 234 g/mol. The molecule has 1 aliphatic heterocycles. The number of carbonyl (C=O) groups is 1. The molecule has 1 aliphatic rings. The Labute approximate surface area is 106 Å². The highest BCUT2D eigenvalue weighted by molar-refractivity contribution is 7.14. The Hall–Kier alpha value is -0.710. The molecule has 1 fully saturated rings. The van der Waals surface area contributed by atoms with Crippen LogP contribution < -0.4 is 0 Å². The van der Waals surface area contributed by atoms with Gasteiger partial charge in [-0.3, -0.25) is 9.69 Å². The zero-order chi connectivity index (χ0) is 12.3. The van der Waals surface area contributed by atoms with Crippen molar-refractivity contribution in [2.75, 3.05) is 26.7 Å². The predicted molar refractivity (Wildman–Crippen MR) is 69.9 cm³/mol. The second-order valence-corrected chi connectivity index (χ2v) is 5.59. The lowest BCUT2D eigenvalue weighted by Gasteiger charge is -2.13. The molecule has 0 radical (unpaired) electrons. The molecule has 17 heavy (non-hydrogen) atoms. The number of nitrogens with zero attached hydrogens (tertiary/aromatic N) is 1. The van der Waals surface area contributed by atoms with Gasteiger partial charge in [0.15, 0.2) is 5.78 Å². The number of thiophene rings is 1. The van der Waals surface area contributed by atoms with Crippen molar-refractivity contribution in [3.63, 3.8) is 0 Å². The van der Waals surface area contributed by atoms with E-state index in [4.69, 9.17) is 4.74 Å². The molecule has 0 bridgehead atoms. The minimum Gasteiger partial charge on any atom is -0.380 e. The summed E-state index contributed by atoms with van der Waals surface area (Å²) in [5, 5.41) is 0. The predicted octanol–water partition coefficient (Wildman–Crippen LogP) is 2.21. The zero-order valence-corrected chi connectivity index (χ0v) is 11.3. The summed E-state index contributed by atoms with van der Waals surface area (Å²) in [6.45, 7) is 4.50. The molecule has 2 heterocycles. The van der Waals surface area contributed by atoms with Gasteiger partial charge in [-0.15, -0.1) is 11.3 Å². The van der Waals surface area contributed by atoms with Crippen molar-refractivity contribution in [3.8, 4) is 0 Å². The molecule has 0 amide bonds. The Bertz CT molecular complexity index is 389. The lowest BCUT2D eigenvalue weighted by Crippen LogP contribution is -2.28. The third-order valence-electron chi connectivity index (χ3n) is 3.21. The minimum absolute atomic E-state index is 0.242. The fourth-order valence-corrected chi connectivity index (χ4v) is 3.01. The summed E-state index contributed by atoms with van der Waals surface area (Å²) < 4.78 is 5.30. The molecule has 4 heteroatoms. The maximum Gasteiger partial charge on any atom is 0.186 e. The van der Waals surface area contributed by atoms with Crippen molar-refractivity contribution in [2.45, 2.75) is 25.9 Å². The van der Waals surface area contributed by atoms with Gasteiger partial charge in [-0.05, 0) is 25.0 Å². The van der Waals surface area contributed by atoms with Crippen LogP contribution in [0.25, 0.3) is 0 Å². The number of hydrogen-bond donors (Lipinski definition) is 0. The average molecular weight is 253 g/mol. The summed E-state index contributed by atoms with van der Waals surface area (Å²) in [5.41, 5.74) is 0. The lowest BCUT2D eigenvalue weighted by molar-refractivity contribution is 0.0902. The summed E-state index contributed by atoms with van der Waals surface area (Å²) in [7, 11) is 1.74. The van der Waals surface area contributed by atoms with Crippen LogP contribution >= 0.6 is 11.3 Å². The van der Waals surface area contributed by atoms with Crippen LogP contribution in [-0.4, -0.2) is 43.5 Å². The molecule has 2 rings (SSSR count). The van der Waals surface area contributed by atoms with Crippen molar-refractivity contribution in [2.24, 2.45) is 0 Å². The molecule has 1 aromatic heterocycles. The molecule has 0 aliphatic carbocycles. The molecule has 3 nitrogen and oxygen atoms in total. The summed E-state index contributed by atoms with van der Waals surface area (Å²) in [6, 6.07) is 4.01. The number of Topliss-reactive ketones (excluding diaryl/α,β-unsaturated/α-hetero) is 1. The van der Waals surface area contributed by atoms with E-state index in [2.05, 4.69) is 17.9 Å². The Morgan fingerprint density at radius 2 is 2.41 bits per heavy atom. The van der Waals surface area contributed by atoms with Crippen LogP contribution in [0.5, 0.6) is 0 Å². The van der Waals surface area contributed by atoms with Crippen molar-refractivity contribution in [1.29, 1.82) is 0 Å². The average Bonchev–Trinajstić information content (AvgIpc) is 2.96. The van der Waals surface area contributed by atoms with Crippen molar-refractivity contribution >= 4 is 17.1 Å². The van der Waals surface area contributed by atoms with Gasteiger partial charge in [0.2, 0.25) is 0 Å². The standard InChI is InChI=1S/C13H19NO2S/c1-3-11-4-5-13(17-11)12(15)9-14-7-6-10(8-14)16-2/h4-5,10H,3,6-9H2,1-2H3. The first-order valence-corrected chi connectivity index (χ1v) is 6.91. The molecule has 0 N–H and O–H groups in total. The molecule has 0 spiro atoms. The van der Waals surface area contributed by atoms with Crippen molar-refractivity contribution in [3.05, 3.63) is 21.9 Å². The molecule has 1 unspecified atom stereocenters. The topological polar surface area (TPSA) is 29.5 Å². The number of likely N-dealkylation sites (tertiary alicyclic amines) is 1. The molecule has 1 atom stereocenters. The van der Waals surface area contributed by atoms with Gasteiger partial charge in [0.25, 0.3) is 0 Å². The second kappa shape index (κ2) is 5.76.